The minimum absolute atomic E-state index is 0.0215. The minimum atomic E-state index is -0.295. The van der Waals surface area contributed by atoms with Crippen LogP contribution >= 0.6 is 23.2 Å². The Hall–Kier alpha value is -1.75. The number of rotatable bonds is 6. The summed E-state index contributed by atoms with van der Waals surface area (Å²) in [4.78, 5) is 12.4. The van der Waals surface area contributed by atoms with Gasteiger partial charge >= 0.3 is 0 Å². The molecule has 3 N–H and O–H groups in total. The highest BCUT2D eigenvalue weighted by atomic mass is 35.5. The van der Waals surface area contributed by atoms with Crippen LogP contribution in [0.2, 0.25) is 10.0 Å². The molecule has 0 aliphatic heterocycles. The molecule has 24 heavy (non-hydrogen) atoms. The molecule has 2 aromatic rings. The van der Waals surface area contributed by atoms with Gasteiger partial charge in [0.25, 0.3) is 5.91 Å². The van der Waals surface area contributed by atoms with Crippen LogP contribution in [0.25, 0.3) is 0 Å². The second-order valence-corrected chi connectivity index (χ2v) is 6.47. The zero-order chi connectivity index (χ0) is 17.7. The van der Waals surface area contributed by atoms with Crippen molar-refractivity contribution < 1.29 is 14.8 Å². The van der Waals surface area contributed by atoms with Crippen molar-refractivity contribution in [2.75, 3.05) is 12.4 Å². The predicted molar refractivity (Wildman–Crippen MR) is 97.9 cm³/mol. The summed E-state index contributed by atoms with van der Waals surface area (Å²) in [6, 6.07) is 12.4. The van der Waals surface area contributed by atoms with Gasteiger partial charge in [-0.1, -0.05) is 41.4 Å². The molecule has 0 saturated heterocycles. The first-order chi connectivity index (χ1) is 11.4. The van der Waals surface area contributed by atoms with Crippen LogP contribution in [0, 0.1) is 0 Å². The summed E-state index contributed by atoms with van der Waals surface area (Å²) in [5.74, 6) is 0.531. The van der Waals surface area contributed by atoms with Gasteiger partial charge in [-0.2, -0.15) is 0 Å². The standard InChI is InChI=1S/C18H20Cl2N2O2/c1-11(14-9-8-13(19)10-15(14)20)21-12(2)18(23)22-16-6-4-5-7-17(16)24-3/h4-12,21H,1-3H3,(H,22,23)/p+1/t11-,12+/m0/s1. The molecule has 4 nitrogen and oxygen atoms in total. The molecule has 0 aliphatic carbocycles. The highest BCUT2D eigenvalue weighted by molar-refractivity contribution is 6.35. The fourth-order valence-corrected chi connectivity index (χ4v) is 3.07. The van der Waals surface area contributed by atoms with Crippen LogP contribution < -0.4 is 15.4 Å². The van der Waals surface area contributed by atoms with Crippen LogP contribution in [-0.4, -0.2) is 19.1 Å². The van der Waals surface area contributed by atoms with E-state index in [0.29, 0.717) is 21.5 Å². The van der Waals surface area contributed by atoms with Crippen molar-refractivity contribution >= 4 is 34.8 Å². The fraction of sp³-hybridized carbons (Fsp3) is 0.278. The monoisotopic (exact) mass is 367 g/mol. The number of methoxy groups -OCH3 is 1. The van der Waals surface area contributed by atoms with Crippen molar-refractivity contribution in [1.29, 1.82) is 0 Å². The zero-order valence-electron chi connectivity index (χ0n) is 13.8. The Kier molecular flexibility index (Phi) is 6.49. The number of hydrogen-bond acceptors (Lipinski definition) is 2. The second kappa shape index (κ2) is 8.38. The number of anilines is 1. The Morgan fingerprint density at radius 1 is 1.17 bits per heavy atom. The molecule has 0 bridgehead atoms. The summed E-state index contributed by atoms with van der Waals surface area (Å²) in [7, 11) is 1.57. The molecule has 2 atom stereocenters. The summed E-state index contributed by atoms with van der Waals surface area (Å²) < 4.78 is 5.25. The van der Waals surface area contributed by atoms with Gasteiger partial charge in [-0.3, -0.25) is 4.79 Å². The highest BCUT2D eigenvalue weighted by Crippen LogP contribution is 2.25. The molecule has 0 radical (unpaired) electrons. The van der Waals surface area contributed by atoms with Crippen LogP contribution in [0.15, 0.2) is 42.5 Å². The third-order valence-corrected chi connectivity index (χ3v) is 4.37. The maximum atomic E-state index is 12.4. The van der Waals surface area contributed by atoms with E-state index in [2.05, 4.69) is 5.32 Å². The summed E-state index contributed by atoms with van der Waals surface area (Å²) in [6.07, 6.45) is 0. The highest BCUT2D eigenvalue weighted by Gasteiger charge is 2.22. The smallest absolute Gasteiger partial charge is 0.282 e. The molecule has 0 aliphatic rings. The SMILES string of the molecule is COc1ccccc1NC(=O)[C@@H](C)[NH2+][C@@H](C)c1ccc(Cl)cc1Cl. The van der Waals surface area contributed by atoms with E-state index in [0.717, 1.165) is 5.56 Å². The summed E-state index contributed by atoms with van der Waals surface area (Å²) in [5.41, 5.74) is 1.60. The Balaban J connectivity index is 2.03. The van der Waals surface area contributed by atoms with Crippen LogP contribution in [0.3, 0.4) is 0 Å². The summed E-state index contributed by atoms with van der Waals surface area (Å²) >= 11 is 12.2. The van der Waals surface area contributed by atoms with Crippen LogP contribution in [0.1, 0.15) is 25.5 Å². The van der Waals surface area contributed by atoms with Gasteiger partial charge < -0.3 is 15.4 Å². The first-order valence-corrected chi connectivity index (χ1v) is 8.41. The maximum absolute atomic E-state index is 12.4. The van der Waals surface area contributed by atoms with Gasteiger partial charge in [0.15, 0.2) is 6.04 Å². The van der Waals surface area contributed by atoms with Gasteiger partial charge in [-0.05, 0) is 38.1 Å². The molecule has 6 heteroatoms. The van der Waals surface area contributed by atoms with Gasteiger partial charge in [0.1, 0.15) is 11.8 Å². The Bertz CT molecular complexity index is 722. The van der Waals surface area contributed by atoms with Crippen molar-refractivity contribution in [2.24, 2.45) is 0 Å². The molecule has 0 fully saturated rings. The number of nitrogens with two attached hydrogens (primary N) is 1. The van der Waals surface area contributed by atoms with Gasteiger partial charge in [0, 0.05) is 10.6 Å². The number of carbonyl (C=O) groups excluding carboxylic acids is 1. The first-order valence-electron chi connectivity index (χ1n) is 7.66. The fourth-order valence-electron chi connectivity index (χ4n) is 2.49. The Labute approximate surface area is 152 Å². The van der Waals surface area contributed by atoms with Gasteiger partial charge in [0.2, 0.25) is 0 Å². The predicted octanol–water partition coefficient (Wildman–Crippen LogP) is 3.65. The molecule has 2 aromatic carbocycles. The lowest BCUT2D eigenvalue weighted by Crippen LogP contribution is -2.91. The third kappa shape index (κ3) is 4.63. The van der Waals surface area contributed by atoms with E-state index in [4.69, 9.17) is 27.9 Å². The molecule has 0 spiro atoms. The molecule has 0 aromatic heterocycles. The largest absolute Gasteiger partial charge is 0.495 e. The average molecular weight is 368 g/mol. The molecule has 0 heterocycles. The molecule has 0 unspecified atom stereocenters. The number of para-hydroxylation sites is 2. The second-order valence-electron chi connectivity index (χ2n) is 5.63. The normalized spacial score (nSPS) is 13.2. The van der Waals surface area contributed by atoms with Crippen molar-refractivity contribution in [1.82, 2.24) is 0 Å². The number of carbonyl (C=O) groups is 1. The van der Waals surface area contributed by atoms with E-state index >= 15 is 0 Å². The third-order valence-electron chi connectivity index (χ3n) is 3.81. The van der Waals surface area contributed by atoms with Gasteiger partial charge in [-0.25, -0.2) is 0 Å². The molecular formula is C18H21Cl2N2O2+. The molecular weight excluding hydrogens is 347 g/mol. The van der Waals surface area contributed by atoms with E-state index in [1.807, 2.05) is 43.4 Å². The minimum Gasteiger partial charge on any atom is -0.495 e. The quantitative estimate of drug-likeness (QED) is 0.818. The number of hydrogen-bond donors (Lipinski definition) is 2. The average Bonchev–Trinajstić information content (AvgIpc) is 2.55. The van der Waals surface area contributed by atoms with Crippen LogP contribution in [0.4, 0.5) is 5.69 Å². The van der Waals surface area contributed by atoms with E-state index in [1.54, 1.807) is 25.3 Å². The van der Waals surface area contributed by atoms with Crippen molar-refractivity contribution in [3.05, 3.63) is 58.1 Å². The van der Waals surface area contributed by atoms with Gasteiger partial charge in [-0.15, -0.1) is 0 Å². The van der Waals surface area contributed by atoms with Crippen LogP contribution in [0.5, 0.6) is 5.75 Å². The lowest BCUT2D eigenvalue weighted by Gasteiger charge is -2.18. The first kappa shape index (κ1) is 18.6. The van der Waals surface area contributed by atoms with Crippen LogP contribution in [-0.2, 0) is 4.79 Å². The topological polar surface area (TPSA) is 54.9 Å². The van der Waals surface area contributed by atoms with E-state index in [-0.39, 0.29) is 18.0 Å². The number of amides is 1. The number of halogens is 2. The van der Waals surface area contributed by atoms with Crippen molar-refractivity contribution in [2.45, 2.75) is 25.9 Å². The van der Waals surface area contributed by atoms with Crippen molar-refractivity contribution in [3.8, 4) is 5.75 Å². The number of quaternary nitrogens is 1. The lowest BCUT2D eigenvalue weighted by atomic mass is 10.1. The number of ether oxygens (including phenoxy) is 1. The molecule has 128 valence electrons. The lowest BCUT2D eigenvalue weighted by molar-refractivity contribution is -0.709. The van der Waals surface area contributed by atoms with E-state index < -0.39 is 0 Å². The summed E-state index contributed by atoms with van der Waals surface area (Å²) in [5, 5.41) is 6.05. The Morgan fingerprint density at radius 2 is 1.88 bits per heavy atom. The van der Waals surface area contributed by atoms with Crippen molar-refractivity contribution in [3.63, 3.8) is 0 Å². The van der Waals surface area contributed by atoms with Gasteiger partial charge in [0.05, 0.1) is 17.8 Å². The molecule has 0 saturated carbocycles. The summed E-state index contributed by atoms with van der Waals surface area (Å²) in [6.45, 7) is 3.85. The zero-order valence-corrected chi connectivity index (χ0v) is 15.4. The molecule has 2 rings (SSSR count). The molecule has 1 amide bonds. The number of nitrogens with one attached hydrogen (secondary N) is 1. The maximum Gasteiger partial charge on any atom is 0.282 e. The van der Waals surface area contributed by atoms with E-state index in [9.17, 15) is 4.79 Å². The van der Waals surface area contributed by atoms with E-state index in [1.165, 1.54) is 0 Å². The number of benzene rings is 2. The Morgan fingerprint density at radius 3 is 2.54 bits per heavy atom.